The van der Waals surface area contributed by atoms with Gasteiger partial charge in [0.15, 0.2) is 0 Å². The highest BCUT2D eigenvalue weighted by molar-refractivity contribution is 7.89. The van der Waals surface area contributed by atoms with E-state index in [9.17, 15) is 18.5 Å². The van der Waals surface area contributed by atoms with Crippen LogP contribution in [0.15, 0.2) is 53.4 Å². The third-order valence-corrected chi connectivity index (χ3v) is 4.94. The summed E-state index contributed by atoms with van der Waals surface area (Å²) in [5.74, 6) is 0.765. The number of rotatable bonds is 9. The molecule has 0 fully saturated rings. The molecule has 0 bridgehead atoms. The number of hydrogen-bond donors (Lipinski definition) is 2. The predicted octanol–water partition coefficient (Wildman–Crippen LogP) is 1.67. The first-order valence-corrected chi connectivity index (χ1v) is 8.99. The summed E-state index contributed by atoms with van der Waals surface area (Å²) in [4.78, 5) is 10.0. The molecule has 0 aliphatic rings. The van der Waals surface area contributed by atoms with Crippen molar-refractivity contribution in [2.24, 2.45) is 0 Å². The Morgan fingerprint density at radius 2 is 1.76 bits per heavy atom. The topological polar surface area (TPSA) is 111 Å². The van der Waals surface area contributed by atoms with Crippen molar-refractivity contribution >= 4 is 15.7 Å². The smallest absolute Gasteiger partial charge is 0.269 e. The molecule has 25 heavy (non-hydrogen) atoms. The lowest BCUT2D eigenvalue weighted by Crippen LogP contribution is -2.31. The highest BCUT2D eigenvalue weighted by Crippen LogP contribution is 2.17. The number of nitro benzene ring substituents is 1. The van der Waals surface area contributed by atoms with Crippen molar-refractivity contribution in [2.75, 3.05) is 20.2 Å². The Hall–Kier alpha value is -2.49. The van der Waals surface area contributed by atoms with Crippen LogP contribution in [0, 0.1) is 10.1 Å². The van der Waals surface area contributed by atoms with E-state index in [1.807, 2.05) is 24.3 Å². The Labute approximate surface area is 146 Å². The number of nitro groups is 1. The lowest BCUT2D eigenvalue weighted by atomic mass is 10.2. The molecule has 0 spiro atoms. The van der Waals surface area contributed by atoms with Gasteiger partial charge >= 0.3 is 0 Å². The van der Waals surface area contributed by atoms with Gasteiger partial charge in [0.2, 0.25) is 10.0 Å². The van der Waals surface area contributed by atoms with E-state index >= 15 is 0 Å². The molecule has 134 valence electrons. The quantitative estimate of drug-likeness (QED) is 0.397. The van der Waals surface area contributed by atoms with Gasteiger partial charge < -0.3 is 10.1 Å². The second-order valence-corrected chi connectivity index (χ2v) is 6.90. The number of hydrogen-bond acceptors (Lipinski definition) is 6. The maximum absolute atomic E-state index is 12.1. The van der Waals surface area contributed by atoms with E-state index in [1.165, 1.54) is 12.1 Å². The van der Waals surface area contributed by atoms with Crippen LogP contribution in [0.1, 0.15) is 5.56 Å². The van der Waals surface area contributed by atoms with Gasteiger partial charge in [0.25, 0.3) is 5.69 Å². The molecular formula is C16H19N3O5S. The minimum absolute atomic E-state index is 0.0113. The molecule has 0 amide bonds. The van der Waals surface area contributed by atoms with Gasteiger partial charge in [-0.25, -0.2) is 13.1 Å². The van der Waals surface area contributed by atoms with Crippen LogP contribution in [0.4, 0.5) is 5.69 Å². The molecule has 0 saturated heterocycles. The zero-order valence-corrected chi connectivity index (χ0v) is 14.5. The molecule has 2 rings (SSSR count). The fourth-order valence-corrected chi connectivity index (χ4v) is 3.21. The number of para-hydroxylation sites is 1. The number of benzene rings is 2. The number of methoxy groups -OCH3 is 1. The molecular weight excluding hydrogens is 346 g/mol. The third kappa shape index (κ3) is 5.24. The molecule has 0 aliphatic carbocycles. The fourth-order valence-electron chi connectivity index (χ4n) is 2.18. The molecule has 0 heterocycles. The molecule has 0 aromatic heterocycles. The van der Waals surface area contributed by atoms with Gasteiger partial charge in [0, 0.05) is 37.3 Å². The van der Waals surface area contributed by atoms with Crippen LogP contribution in [-0.2, 0) is 16.6 Å². The van der Waals surface area contributed by atoms with E-state index < -0.39 is 14.9 Å². The number of nitrogens with zero attached hydrogens (tertiary/aromatic N) is 1. The average molecular weight is 365 g/mol. The molecule has 2 N–H and O–H groups in total. The van der Waals surface area contributed by atoms with Crippen LogP contribution in [0.25, 0.3) is 0 Å². The molecule has 0 saturated carbocycles. The van der Waals surface area contributed by atoms with Crippen LogP contribution < -0.4 is 14.8 Å². The Kier molecular flexibility index (Phi) is 6.45. The summed E-state index contributed by atoms with van der Waals surface area (Å²) >= 11 is 0. The van der Waals surface area contributed by atoms with Crippen LogP contribution >= 0.6 is 0 Å². The Morgan fingerprint density at radius 3 is 2.40 bits per heavy atom. The summed E-state index contributed by atoms with van der Waals surface area (Å²) in [6.07, 6.45) is 0. The summed E-state index contributed by atoms with van der Waals surface area (Å²) in [6.45, 7) is 1.15. The molecule has 0 unspecified atom stereocenters. The lowest BCUT2D eigenvalue weighted by Gasteiger charge is -2.10. The number of nitrogens with one attached hydrogen (secondary N) is 2. The van der Waals surface area contributed by atoms with Gasteiger partial charge in [-0.2, -0.15) is 0 Å². The van der Waals surface area contributed by atoms with E-state index in [0.717, 1.165) is 23.4 Å². The third-order valence-electron chi connectivity index (χ3n) is 3.46. The van der Waals surface area contributed by atoms with Crippen molar-refractivity contribution in [1.82, 2.24) is 10.0 Å². The zero-order chi connectivity index (χ0) is 18.3. The van der Waals surface area contributed by atoms with Gasteiger partial charge in [0.05, 0.1) is 16.9 Å². The van der Waals surface area contributed by atoms with Crippen molar-refractivity contribution < 1.29 is 18.1 Å². The number of sulfonamides is 1. The molecule has 0 aliphatic heterocycles. The molecule has 0 radical (unpaired) electrons. The van der Waals surface area contributed by atoms with E-state index in [-0.39, 0.29) is 17.1 Å². The summed E-state index contributed by atoms with van der Waals surface area (Å²) in [6, 6.07) is 12.3. The fraction of sp³-hybridized carbons (Fsp3) is 0.250. The standard InChI is InChI=1S/C16H19N3O5S/c1-24-16-5-3-2-4-13(16)12-17-10-11-18-25(22,23)15-8-6-14(7-9-15)19(20)21/h2-9,17-18H,10-12H2,1H3. The molecule has 2 aromatic rings. The summed E-state index contributed by atoms with van der Waals surface area (Å²) in [5.41, 5.74) is 0.820. The maximum atomic E-state index is 12.1. The lowest BCUT2D eigenvalue weighted by molar-refractivity contribution is -0.384. The zero-order valence-electron chi connectivity index (χ0n) is 13.6. The van der Waals surface area contributed by atoms with Gasteiger partial charge in [0.1, 0.15) is 5.75 Å². The van der Waals surface area contributed by atoms with Gasteiger partial charge in [-0.1, -0.05) is 18.2 Å². The Balaban J connectivity index is 1.83. The highest BCUT2D eigenvalue weighted by atomic mass is 32.2. The first kappa shape index (κ1) is 18.8. The molecule has 2 aromatic carbocycles. The van der Waals surface area contributed by atoms with Crippen LogP contribution in [0.5, 0.6) is 5.75 Å². The van der Waals surface area contributed by atoms with Crippen LogP contribution in [0.2, 0.25) is 0 Å². The largest absolute Gasteiger partial charge is 0.496 e. The van der Waals surface area contributed by atoms with E-state index in [4.69, 9.17) is 4.74 Å². The summed E-state index contributed by atoms with van der Waals surface area (Å²) in [7, 11) is -2.10. The summed E-state index contributed by atoms with van der Waals surface area (Å²) in [5, 5.41) is 13.7. The highest BCUT2D eigenvalue weighted by Gasteiger charge is 2.15. The Morgan fingerprint density at radius 1 is 1.08 bits per heavy atom. The first-order valence-electron chi connectivity index (χ1n) is 7.51. The maximum Gasteiger partial charge on any atom is 0.269 e. The molecule has 8 nitrogen and oxygen atoms in total. The second kappa shape index (κ2) is 8.56. The predicted molar refractivity (Wildman–Crippen MR) is 93.0 cm³/mol. The average Bonchev–Trinajstić information content (AvgIpc) is 2.61. The van der Waals surface area contributed by atoms with Crippen molar-refractivity contribution in [2.45, 2.75) is 11.4 Å². The normalized spacial score (nSPS) is 11.2. The van der Waals surface area contributed by atoms with E-state index in [2.05, 4.69) is 10.0 Å². The Bertz CT molecular complexity index is 822. The van der Waals surface area contributed by atoms with Gasteiger partial charge in [-0.15, -0.1) is 0 Å². The SMILES string of the molecule is COc1ccccc1CNCCNS(=O)(=O)c1ccc([N+](=O)[O-])cc1. The van der Waals surface area contributed by atoms with Crippen molar-refractivity contribution in [3.8, 4) is 5.75 Å². The number of non-ortho nitro benzene ring substituents is 1. The minimum Gasteiger partial charge on any atom is -0.496 e. The van der Waals surface area contributed by atoms with Crippen molar-refractivity contribution in [3.63, 3.8) is 0 Å². The monoisotopic (exact) mass is 365 g/mol. The minimum atomic E-state index is -3.70. The number of ether oxygens (including phenoxy) is 1. The van der Waals surface area contributed by atoms with Crippen LogP contribution in [0.3, 0.4) is 0 Å². The summed E-state index contributed by atoms with van der Waals surface area (Å²) < 4.78 is 31.9. The molecule has 0 atom stereocenters. The second-order valence-electron chi connectivity index (χ2n) is 5.14. The molecule has 9 heteroatoms. The van der Waals surface area contributed by atoms with E-state index in [0.29, 0.717) is 13.1 Å². The van der Waals surface area contributed by atoms with Crippen LogP contribution in [-0.4, -0.2) is 33.5 Å². The van der Waals surface area contributed by atoms with Crippen molar-refractivity contribution in [1.29, 1.82) is 0 Å². The van der Waals surface area contributed by atoms with Crippen molar-refractivity contribution in [3.05, 3.63) is 64.2 Å². The van der Waals surface area contributed by atoms with Gasteiger partial charge in [-0.05, 0) is 18.2 Å². The van der Waals surface area contributed by atoms with E-state index in [1.54, 1.807) is 7.11 Å². The first-order chi connectivity index (χ1) is 11.9. The van der Waals surface area contributed by atoms with Gasteiger partial charge in [-0.3, -0.25) is 10.1 Å².